The molecule has 0 aromatic rings. The van der Waals surface area contributed by atoms with Gasteiger partial charge < -0.3 is 5.73 Å². The molecule has 6 nitrogen and oxygen atoms in total. The van der Waals surface area contributed by atoms with Crippen molar-refractivity contribution in [3.05, 3.63) is 0 Å². The Morgan fingerprint density at radius 2 is 1.78 bits per heavy atom. The Hall–Kier alpha value is -0.660. The number of nitrogens with one attached hydrogen (secondary N) is 2. The van der Waals surface area contributed by atoms with Crippen LogP contribution in [-0.4, -0.2) is 37.2 Å². The quantitative estimate of drug-likeness (QED) is 0.494. The van der Waals surface area contributed by atoms with Gasteiger partial charge in [-0.2, -0.15) is 17.4 Å². The third-order valence-corrected chi connectivity index (χ3v) is 5.40. The van der Waals surface area contributed by atoms with Gasteiger partial charge in [0.15, 0.2) is 0 Å². The van der Waals surface area contributed by atoms with Gasteiger partial charge >= 0.3 is 0 Å². The van der Waals surface area contributed by atoms with Gasteiger partial charge in [-0.1, -0.05) is 20.3 Å². The Kier molecular flexibility index (Phi) is 5.12. The van der Waals surface area contributed by atoms with Gasteiger partial charge in [0.2, 0.25) is 0 Å². The van der Waals surface area contributed by atoms with Crippen molar-refractivity contribution >= 4 is 16.0 Å². The largest absolute Gasteiger partial charge is 0.386 e. The standard InChI is InChI=1S/C11H24N4O2S/c1-3-11(4-2,10(12)13)14-18(16,17)15-8-6-5-7-9-15/h14H,3-9H2,1-2H3,(H3,12,13). The summed E-state index contributed by atoms with van der Waals surface area (Å²) in [5.74, 6) is -0.118. The molecule has 7 heteroatoms. The highest BCUT2D eigenvalue weighted by Crippen LogP contribution is 2.19. The molecule has 106 valence electrons. The average molecular weight is 276 g/mol. The smallest absolute Gasteiger partial charge is 0.280 e. The summed E-state index contributed by atoms with van der Waals surface area (Å²) in [5, 5.41) is 7.63. The van der Waals surface area contributed by atoms with E-state index in [0.29, 0.717) is 25.9 Å². The lowest BCUT2D eigenvalue weighted by Gasteiger charge is -2.35. The summed E-state index contributed by atoms with van der Waals surface area (Å²) in [6.07, 6.45) is 3.82. The first kappa shape index (κ1) is 15.4. The van der Waals surface area contributed by atoms with Gasteiger partial charge in [-0.25, -0.2) is 0 Å². The number of rotatable bonds is 6. The Balaban J connectivity index is 2.88. The van der Waals surface area contributed by atoms with E-state index in [1.807, 2.05) is 13.8 Å². The molecule has 0 aliphatic carbocycles. The molecule has 1 saturated heterocycles. The van der Waals surface area contributed by atoms with E-state index in [1.165, 1.54) is 4.31 Å². The van der Waals surface area contributed by atoms with Crippen molar-refractivity contribution in [2.75, 3.05) is 13.1 Å². The highest BCUT2D eigenvalue weighted by Gasteiger charge is 2.37. The summed E-state index contributed by atoms with van der Waals surface area (Å²) in [5.41, 5.74) is 4.62. The lowest BCUT2D eigenvalue weighted by Crippen LogP contribution is -2.59. The van der Waals surface area contributed by atoms with Crippen LogP contribution in [0.2, 0.25) is 0 Å². The molecule has 0 atom stereocenters. The highest BCUT2D eigenvalue weighted by molar-refractivity contribution is 7.87. The van der Waals surface area contributed by atoms with Crippen LogP contribution in [0.1, 0.15) is 46.0 Å². The summed E-state index contributed by atoms with van der Waals surface area (Å²) >= 11 is 0. The molecular weight excluding hydrogens is 252 g/mol. The Morgan fingerprint density at radius 3 is 2.17 bits per heavy atom. The third kappa shape index (κ3) is 3.21. The highest BCUT2D eigenvalue weighted by atomic mass is 32.2. The van der Waals surface area contributed by atoms with Crippen molar-refractivity contribution in [2.24, 2.45) is 5.73 Å². The second kappa shape index (κ2) is 5.99. The molecule has 18 heavy (non-hydrogen) atoms. The molecule has 0 bridgehead atoms. The summed E-state index contributed by atoms with van der Waals surface area (Å²) in [7, 11) is -3.55. The predicted octanol–water partition coefficient (Wildman–Crippen LogP) is 0.801. The number of amidine groups is 1. The van der Waals surface area contributed by atoms with Crippen LogP contribution < -0.4 is 10.5 Å². The molecule has 0 unspecified atom stereocenters. The Bertz CT molecular complexity index is 384. The van der Waals surface area contributed by atoms with Gasteiger partial charge in [0.25, 0.3) is 10.2 Å². The molecule has 0 saturated carbocycles. The predicted molar refractivity (Wildman–Crippen MR) is 72.7 cm³/mol. The summed E-state index contributed by atoms with van der Waals surface area (Å²) in [4.78, 5) is 0. The fourth-order valence-corrected chi connectivity index (χ4v) is 4.01. The molecule has 1 rings (SSSR count). The van der Waals surface area contributed by atoms with Crippen LogP contribution in [0.4, 0.5) is 0 Å². The molecule has 0 aromatic carbocycles. The van der Waals surface area contributed by atoms with E-state index in [-0.39, 0.29) is 5.84 Å². The van der Waals surface area contributed by atoms with E-state index in [9.17, 15) is 8.42 Å². The first-order chi connectivity index (χ1) is 8.38. The lowest BCUT2D eigenvalue weighted by atomic mass is 9.93. The van der Waals surface area contributed by atoms with Gasteiger partial charge in [0.05, 0.1) is 5.54 Å². The Morgan fingerprint density at radius 1 is 1.28 bits per heavy atom. The van der Waals surface area contributed by atoms with E-state index in [0.717, 1.165) is 19.3 Å². The van der Waals surface area contributed by atoms with Gasteiger partial charge in [-0.3, -0.25) is 5.41 Å². The molecular formula is C11H24N4O2S. The van der Waals surface area contributed by atoms with Crippen LogP contribution in [-0.2, 0) is 10.2 Å². The molecule has 1 aliphatic rings. The van der Waals surface area contributed by atoms with Crippen LogP contribution in [0.3, 0.4) is 0 Å². The zero-order valence-corrected chi connectivity index (χ0v) is 12.0. The first-order valence-electron chi connectivity index (χ1n) is 6.51. The minimum Gasteiger partial charge on any atom is -0.386 e. The van der Waals surface area contributed by atoms with Crippen molar-refractivity contribution in [2.45, 2.75) is 51.5 Å². The van der Waals surface area contributed by atoms with Gasteiger partial charge in [0.1, 0.15) is 5.84 Å². The normalized spacial score (nSPS) is 18.8. The van der Waals surface area contributed by atoms with E-state index in [2.05, 4.69) is 4.72 Å². The molecule has 0 spiro atoms. The molecule has 0 amide bonds. The van der Waals surface area contributed by atoms with Crippen LogP contribution in [0.15, 0.2) is 0 Å². The average Bonchev–Trinajstić information content (AvgIpc) is 2.37. The van der Waals surface area contributed by atoms with Gasteiger partial charge in [0, 0.05) is 13.1 Å². The molecule has 1 heterocycles. The first-order valence-corrected chi connectivity index (χ1v) is 7.95. The van der Waals surface area contributed by atoms with Crippen molar-refractivity contribution in [1.82, 2.24) is 9.03 Å². The van der Waals surface area contributed by atoms with E-state index >= 15 is 0 Å². The number of piperidine rings is 1. The van der Waals surface area contributed by atoms with Crippen LogP contribution in [0.25, 0.3) is 0 Å². The summed E-state index contributed by atoms with van der Waals surface area (Å²) < 4.78 is 28.7. The monoisotopic (exact) mass is 276 g/mol. The van der Waals surface area contributed by atoms with Crippen LogP contribution in [0, 0.1) is 5.41 Å². The molecule has 1 fully saturated rings. The lowest BCUT2D eigenvalue weighted by molar-refractivity contribution is 0.331. The minimum atomic E-state index is -3.55. The summed E-state index contributed by atoms with van der Waals surface area (Å²) in [6.45, 7) is 4.78. The number of hydrogen-bond donors (Lipinski definition) is 3. The molecule has 1 aliphatic heterocycles. The third-order valence-electron chi connectivity index (χ3n) is 3.70. The van der Waals surface area contributed by atoms with E-state index < -0.39 is 15.7 Å². The molecule has 4 N–H and O–H groups in total. The van der Waals surface area contributed by atoms with Crippen LogP contribution in [0.5, 0.6) is 0 Å². The SMILES string of the molecule is CCC(CC)(NS(=O)(=O)N1CCCCC1)C(=N)N. The topological polar surface area (TPSA) is 99.3 Å². The second-order valence-electron chi connectivity index (χ2n) is 4.77. The van der Waals surface area contributed by atoms with Crippen molar-refractivity contribution in [3.8, 4) is 0 Å². The Labute approximate surface area is 110 Å². The number of nitrogens with zero attached hydrogens (tertiary/aromatic N) is 1. The van der Waals surface area contributed by atoms with Gasteiger partial charge in [-0.15, -0.1) is 0 Å². The number of nitrogens with two attached hydrogens (primary N) is 1. The van der Waals surface area contributed by atoms with E-state index in [1.54, 1.807) is 0 Å². The maximum Gasteiger partial charge on any atom is 0.280 e. The zero-order chi connectivity index (χ0) is 13.8. The fraction of sp³-hybridized carbons (Fsp3) is 0.909. The number of hydrogen-bond acceptors (Lipinski definition) is 3. The van der Waals surface area contributed by atoms with Crippen molar-refractivity contribution < 1.29 is 8.42 Å². The maximum atomic E-state index is 12.3. The van der Waals surface area contributed by atoms with Crippen molar-refractivity contribution in [3.63, 3.8) is 0 Å². The second-order valence-corrected chi connectivity index (χ2v) is 6.44. The fourth-order valence-electron chi connectivity index (χ4n) is 2.25. The van der Waals surface area contributed by atoms with Crippen LogP contribution >= 0.6 is 0 Å². The maximum absolute atomic E-state index is 12.3. The van der Waals surface area contributed by atoms with E-state index in [4.69, 9.17) is 11.1 Å². The summed E-state index contributed by atoms with van der Waals surface area (Å²) in [6, 6.07) is 0. The zero-order valence-electron chi connectivity index (χ0n) is 11.2. The van der Waals surface area contributed by atoms with Crippen molar-refractivity contribution in [1.29, 1.82) is 5.41 Å². The molecule has 0 aromatic heterocycles. The molecule has 0 radical (unpaired) electrons. The van der Waals surface area contributed by atoms with Gasteiger partial charge in [-0.05, 0) is 25.7 Å². The minimum absolute atomic E-state index is 0.118.